The van der Waals surface area contributed by atoms with Gasteiger partial charge in [-0.1, -0.05) is 230 Å². The molecule has 0 aliphatic rings. The number of esters is 2. The Morgan fingerprint density at radius 3 is 1.04 bits per heavy atom. The zero-order valence-electron chi connectivity index (χ0n) is 46.3. The summed E-state index contributed by atoms with van der Waals surface area (Å²) < 4.78 is 21.2. The quantitative estimate of drug-likeness (QED) is 0.0304. The Balaban J connectivity index is -0.000000533. The van der Waals surface area contributed by atoms with Crippen LogP contribution in [0.15, 0.2) is 48.5 Å². The van der Waals surface area contributed by atoms with E-state index >= 15 is 0 Å². The number of likely N-dealkylation sites (N-methyl/N-ethyl adjacent to an activating group) is 1. The Bertz CT molecular complexity index is 1340. The van der Waals surface area contributed by atoms with Crippen molar-refractivity contribution < 1.29 is 59.5 Å². The van der Waals surface area contributed by atoms with Crippen molar-refractivity contribution in [2.45, 2.75) is 241 Å². The first-order valence-corrected chi connectivity index (χ1v) is 28.7. The maximum absolute atomic E-state index is 11.6. The van der Waals surface area contributed by atoms with Gasteiger partial charge < -0.3 is 30.6 Å². The number of benzene rings is 2. The second-order valence-electron chi connectivity index (χ2n) is 18.2. The predicted molar refractivity (Wildman–Crippen MR) is 301 cm³/mol. The molecule has 0 bridgehead atoms. The monoisotopic (exact) mass is 1040 g/mol. The molecular weight excluding hydrogens is 936 g/mol. The van der Waals surface area contributed by atoms with Crippen LogP contribution in [0.25, 0.3) is 0 Å². The van der Waals surface area contributed by atoms with Crippen LogP contribution in [0.2, 0.25) is 0 Å². The molecule has 0 atom stereocenters. The van der Waals surface area contributed by atoms with Gasteiger partial charge >= 0.3 is 41.5 Å². The molecule has 0 radical (unpaired) electrons. The maximum Gasteiger partial charge on any atom is 1.00 e. The second-order valence-corrected chi connectivity index (χ2v) is 18.7. The van der Waals surface area contributed by atoms with Crippen molar-refractivity contribution in [1.82, 2.24) is 0 Å². The van der Waals surface area contributed by atoms with Gasteiger partial charge in [0.1, 0.15) is 23.4 Å². The van der Waals surface area contributed by atoms with E-state index in [0.717, 1.165) is 42.5 Å². The first-order valence-electron chi connectivity index (χ1n) is 27.6. The number of carbonyl (C=O) groups is 2. The number of anilines is 2. The van der Waals surface area contributed by atoms with E-state index in [1.807, 2.05) is 62.3 Å². The van der Waals surface area contributed by atoms with Gasteiger partial charge in [-0.3, -0.25) is 9.59 Å². The van der Waals surface area contributed by atoms with Crippen molar-refractivity contribution in [3.8, 4) is 11.5 Å². The summed E-state index contributed by atoms with van der Waals surface area (Å²) in [5.41, 5.74) is 2.11. The molecule has 398 valence electrons. The number of nitrogens with zero attached hydrogens (tertiary/aromatic N) is 1. The first-order chi connectivity index (χ1) is 32.8. The molecular formula is C59H108BrN2NaO6. The summed E-state index contributed by atoms with van der Waals surface area (Å²) in [5.74, 6) is 1.46. The molecule has 0 heterocycles. The number of hydrogen-bond acceptors (Lipinski definition) is 8. The summed E-state index contributed by atoms with van der Waals surface area (Å²) in [5, 5.41) is 3.42. The molecule has 1 N–H and O–H groups in total. The van der Waals surface area contributed by atoms with Crippen LogP contribution in [-0.2, 0) is 19.1 Å². The zero-order chi connectivity index (χ0) is 49.1. The van der Waals surface area contributed by atoms with Gasteiger partial charge in [0, 0.05) is 25.5 Å². The third-order valence-corrected chi connectivity index (χ3v) is 12.5. The smallest absolute Gasteiger partial charge is 1.00 e. The summed E-state index contributed by atoms with van der Waals surface area (Å²) in [7, 11) is 3.83. The molecule has 0 spiro atoms. The molecule has 0 unspecified atom stereocenters. The molecule has 0 saturated heterocycles. The Kier molecular flexibility index (Phi) is 58.9. The van der Waals surface area contributed by atoms with Crippen LogP contribution >= 0.6 is 15.9 Å². The van der Waals surface area contributed by atoms with Crippen LogP contribution in [0, 0.1) is 0 Å². The molecule has 2 aromatic carbocycles. The van der Waals surface area contributed by atoms with Gasteiger partial charge in [-0.25, -0.2) is 0 Å². The van der Waals surface area contributed by atoms with Gasteiger partial charge in [-0.2, -0.15) is 0 Å². The fraction of sp³-hybridized carbons (Fsp3) is 0.763. The summed E-state index contributed by atoms with van der Waals surface area (Å²) in [6.45, 7) is 10.9. The van der Waals surface area contributed by atoms with Crippen LogP contribution in [0.3, 0.4) is 0 Å². The van der Waals surface area contributed by atoms with Crippen LogP contribution in [0.5, 0.6) is 11.5 Å². The number of halogens is 1. The van der Waals surface area contributed by atoms with Crippen molar-refractivity contribution >= 4 is 39.2 Å². The number of rotatable bonds is 43. The standard InChI is InChI=1S/C29H51NO3.C25H45NO.C4H7BrO2.CH4.Na.H/c1-4-6-7-8-9-10-11-12-13-14-15-16-17-18-19-20-25-33-28-23-21-27(22-24-28)30(3)26-29(31)32-5-2;1-3-4-5-6-7-8-9-10-11-12-13-14-15-16-17-18-23-27-25-21-19-24(26-2)20-22-25;1-2-7-4(6)3-5;;;/h21-24H,4-20,25-26H2,1-3H3;19-22,26H,3-18,23H2,1-2H3;2-3H2,1H3;1H4;;/q;;;;+1;-1. The third kappa shape index (κ3) is 49.4. The van der Waals surface area contributed by atoms with Crippen molar-refractivity contribution in [3.05, 3.63) is 48.5 Å². The van der Waals surface area contributed by atoms with Crippen molar-refractivity contribution in [2.24, 2.45) is 0 Å². The van der Waals surface area contributed by atoms with E-state index in [1.54, 1.807) is 6.92 Å². The van der Waals surface area contributed by atoms with Gasteiger partial charge in [-0.15, -0.1) is 0 Å². The summed E-state index contributed by atoms with van der Waals surface area (Å²) in [6.07, 6.45) is 44.6. The van der Waals surface area contributed by atoms with Gasteiger partial charge in [0.25, 0.3) is 0 Å². The molecule has 2 rings (SSSR count). The Morgan fingerprint density at radius 1 is 0.478 bits per heavy atom. The van der Waals surface area contributed by atoms with Crippen molar-refractivity contribution in [2.75, 3.05) is 62.6 Å². The van der Waals surface area contributed by atoms with Gasteiger partial charge in [0.15, 0.2) is 0 Å². The molecule has 0 amide bonds. The average molecular weight is 1040 g/mol. The normalized spacial score (nSPS) is 10.3. The predicted octanol–water partition coefficient (Wildman–Crippen LogP) is 15.4. The Morgan fingerprint density at radius 2 is 0.768 bits per heavy atom. The van der Waals surface area contributed by atoms with E-state index in [1.165, 1.54) is 199 Å². The molecule has 0 saturated carbocycles. The molecule has 0 aromatic heterocycles. The van der Waals surface area contributed by atoms with Crippen LogP contribution in [0.1, 0.15) is 242 Å². The number of alkyl halides is 1. The molecule has 2 aromatic rings. The number of nitrogens with one attached hydrogen (secondary N) is 1. The van der Waals surface area contributed by atoms with E-state index < -0.39 is 0 Å². The number of unbranched alkanes of at least 4 members (excludes halogenated alkanes) is 30. The average Bonchev–Trinajstić information content (AvgIpc) is 3.34. The molecule has 0 aliphatic heterocycles. The van der Waals surface area contributed by atoms with E-state index in [9.17, 15) is 9.59 Å². The Labute approximate surface area is 459 Å². The first kappa shape index (κ1) is 71.3. The Hall–Kier alpha value is -1.94. The minimum atomic E-state index is -0.206. The number of carbonyl (C=O) groups excluding carboxylic acids is 2. The van der Waals surface area contributed by atoms with Gasteiger partial charge in [-0.05, 0) is 75.2 Å². The van der Waals surface area contributed by atoms with E-state index in [0.29, 0.717) is 18.5 Å². The number of ether oxygens (including phenoxy) is 4. The third-order valence-electron chi connectivity index (χ3n) is 12.0. The molecule has 10 heteroatoms. The molecule has 69 heavy (non-hydrogen) atoms. The molecule has 8 nitrogen and oxygen atoms in total. The summed E-state index contributed by atoms with van der Waals surface area (Å²) >= 11 is 2.94. The fourth-order valence-electron chi connectivity index (χ4n) is 7.89. The molecule has 0 fully saturated rings. The summed E-state index contributed by atoms with van der Waals surface area (Å²) in [6, 6.07) is 16.1. The van der Waals surface area contributed by atoms with Crippen molar-refractivity contribution in [3.63, 3.8) is 0 Å². The fourth-order valence-corrected chi connectivity index (χ4v) is 8.05. The van der Waals surface area contributed by atoms with E-state index in [4.69, 9.17) is 14.2 Å². The van der Waals surface area contributed by atoms with Gasteiger partial charge in [0.2, 0.25) is 0 Å². The topological polar surface area (TPSA) is 86.3 Å². The maximum atomic E-state index is 11.6. The van der Waals surface area contributed by atoms with Gasteiger partial charge in [0.05, 0.1) is 26.4 Å². The number of hydrogen-bond donors (Lipinski definition) is 1. The van der Waals surface area contributed by atoms with E-state index in [2.05, 4.69) is 52.0 Å². The molecule has 0 aliphatic carbocycles. The van der Waals surface area contributed by atoms with E-state index in [-0.39, 0.29) is 56.9 Å². The SMILES string of the molecule is C.CCCCCCCCCCCCCCCCCCOc1ccc(N(C)CC(=O)OCC)cc1.CCCCCCCCCCCCCCCCCCOc1ccc(NC)cc1.CCOC(=O)CBr.[H-].[Na+]. The zero-order valence-corrected chi connectivity index (χ0v) is 48.8. The van der Waals surface area contributed by atoms with Crippen LogP contribution in [0.4, 0.5) is 11.4 Å². The minimum Gasteiger partial charge on any atom is -1.00 e. The van der Waals surface area contributed by atoms with Crippen molar-refractivity contribution in [1.29, 1.82) is 0 Å². The van der Waals surface area contributed by atoms with Crippen LogP contribution in [-0.4, -0.2) is 64.3 Å². The minimum absolute atomic E-state index is 0. The summed E-state index contributed by atoms with van der Waals surface area (Å²) in [4.78, 5) is 23.6. The van der Waals surface area contributed by atoms with Crippen LogP contribution < -0.4 is 49.2 Å². The second kappa shape index (κ2) is 57.0. The largest absolute Gasteiger partial charge is 1.00 e.